The summed E-state index contributed by atoms with van der Waals surface area (Å²) < 4.78 is 0. The van der Waals surface area contributed by atoms with Gasteiger partial charge in [0.05, 0.1) is 11.6 Å². The van der Waals surface area contributed by atoms with E-state index in [0.29, 0.717) is 6.54 Å². The lowest BCUT2D eigenvalue weighted by Crippen LogP contribution is -2.59. The summed E-state index contributed by atoms with van der Waals surface area (Å²) in [6, 6.07) is -0.204. The summed E-state index contributed by atoms with van der Waals surface area (Å²) in [5.41, 5.74) is -0.658. The number of amides is 2. The van der Waals surface area contributed by atoms with Crippen molar-refractivity contribution in [2.75, 3.05) is 40.8 Å². The van der Waals surface area contributed by atoms with E-state index < -0.39 is 5.54 Å². The lowest BCUT2D eigenvalue weighted by Gasteiger charge is -2.37. The van der Waals surface area contributed by atoms with Gasteiger partial charge >= 0.3 is 0 Å². The Morgan fingerprint density at radius 1 is 1.33 bits per heavy atom. The van der Waals surface area contributed by atoms with E-state index in [-0.39, 0.29) is 30.3 Å². The van der Waals surface area contributed by atoms with E-state index >= 15 is 0 Å². The molecule has 0 saturated carbocycles. The van der Waals surface area contributed by atoms with E-state index in [9.17, 15) is 9.59 Å². The minimum absolute atomic E-state index is 0. The number of halogens is 1. The number of carbonyl (C=O) groups excluding carboxylic acids is 2. The fourth-order valence-electron chi connectivity index (χ4n) is 2.67. The highest BCUT2D eigenvalue weighted by atomic mass is 35.5. The average Bonchev–Trinajstić information content (AvgIpc) is 2.86. The molecule has 1 aliphatic rings. The molecule has 1 aliphatic heterocycles. The van der Waals surface area contributed by atoms with Gasteiger partial charge in [-0.15, -0.1) is 12.4 Å². The first kappa shape index (κ1) is 20.1. The molecular weight excluding hydrogens is 292 g/mol. The van der Waals surface area contributed by atoms with Crippen LogP contribution in [-0.2, 0) is 9.59 Å². The molecule has 0 aromatic heterocycles. The number of likely N-dealkylation sites (tertiary alicyclic amines) is 1. The van der Waals surface area contributed by atoms with Gasteiger partial charge in [0.1, 0.15) is 0 Å². The highest BCUT2D eigenvalue weighted by Crippen LogP contribution is 2.27. The molecule has 0 bridgehead atoms. The summed E-state index contributed by atoms with van der Waals surface area (Å²) >= 11 is 0. The molecule has 0 radical (unpaired) electrons. The minimum atomic E-state index is -0.658. The molecule has 1 heterocycles. The van der Waals surface area contributed by atoms with Crippen LogP contribution in [0.3, 0.4) is 0 Å². The second kappa shape index (κ2) is 8.56. The van der Waals surface area contributed by atoms with Crippen LogP contribution in [0.4, 0.5) is 0 Å². The van der Waals surface area contributed by atoms with Crippen molar-refractivity contribution in [2.24, 2.45) is 0 Å². The molecule has 0 aromatic carbocycles. The standard InChI is InChI=1S/C14H28N4O2.ClH/c1-14(2,13(20)15-3)18-9-6-7-11(18)12(19)16-8-10-17(4)5;/h11H,6-10H2,1-5H3,(H,15,20)(H,16,19);1H/t11-;/m0./s1. The lowest BCUT2D eigenvalue weighted by atomic mass is 10.00. The lowest BCUT2D eigenvalue weighted by molar-refractivity contribution is -0.135. The Labute approximate surface area is 134 Å². The minimum Gasteiger partial charge on any atom is -0.358 e. The summed E-state index contributed by atoms with van der Waals surface area (Å²) in [5, 5.41) is 5.64. The molecule has 2 amide bonds. The van der Waals surface area contributed by atoms with Gasteiger partial charge in [-0.25, -0.2) is 0 Å². The van der Waals surface area contributed by atoms with Crippen LogP contribution in [0.2, 0.25) is 0 Å². The van der Waals surface area contributed by atoms with E-state index in [1.807, 2.05) is 37.7 Å². The Morgan fingerprint density at radius 2 is 1.95 bits per heavy atom. The van der Waals surface area contributed by atoms with Crippen molar-refractivity contribution in [1.29, 1.82) is 0 Å². The fourth-order valence-corrected chi connectivity index (χ4v) is 2.67. The molecule has 7 heteroatoms. The quantitative estimate of drug-likeness (QED) is 0.727. The van der Waals surface area contributed by atoms with E-state index in [2.05, 4.69) is 10.6 Å². The Bertz CT molecular complexity index is 361. The van der Waals surface area contributed by atoms with Crippen molar-refractivity contribution in [3.63, 3.8) is 0 Å². The molecule has 21 heavy (non-hydrogen) atoms. The molecule has 6 nitrogen and oxygen atoms in total. The van der Waals surface area contributed by atoms with Gasteiger partial charge in [0.2, 0.25) is 11.8 Å². The Morgan fingerprint density at radius 3 is 2.48 bits per heavy atom. The van der Waals surface area contributed by atoms with Crippen LogP contribution in [0.5, 0.6) is 0 Å². The summed E-state index contributed by atoms with van der Waals surface area (Å²) in [5.74, 6) is -0.0215. The molecule has 1 atom stereocenters. The third kappa shape index (κ3) is 5.13. The number of nitrogens with one attached hydrogen (secondary N) is 2. The molecule has 0 aromatic rings. The molecule has 2 N–H and O–H groups in total. The third-order valence-corrected chi connectivity index (χ3v) is 3.91. The maximum atomic E-state index is 12.3. The zero-order chi connectivity index (χ0) is 15.3. The third-order valence-electron chi connectivity index (χ3n) is 3.91. The largest absolute Gasteiger partial charge is 0.358 e. The van der Waals surface area contributed by atoms with E-state index in [4.69, 9.17) is 0 Å². The highest BCUT2D eigenvalue weighted by molar-refractivity contribution is 5.87. The first-order chi connectivity index (χ1) is 9.30. The Balaban J connectivity index is 0.00000400. The maximum absolute atomic E-state index is 12.3. The van der Waals surface area contributed by atoms with Crippen LogP contribution in [0, 0.1) is 0 Å². The predicted octanol–water partition coefficient (Wildman–Crippen LogP) is 0.0750. The molecule has 1 saturated heterocycles. The van der Waals surface area contributed by atoms with Gasteiger partial charge in [0.15, 0.2) is 0 Å². The van der Waals surface area contributed by atoms with Crippen LogP contribution in [-0.4, -0.2) is 74.0 Å². The average molecular weight is 321 g/mol. The topological polar surface area (TPSA) is 64.7 Å². The number of carbonyl (C=O) groups is 2. The molecular formula is C14H29ClN4O2. The molecule has 1 fully saturated rings. The Kier molecular flexibility index (Phi) is 8.21. The predicted molar refractivity (Wildman–Crippen MR) is 86.7 cm³/mol. The zero-order valence-corrected chi connectivity index (χ0v) is 14.5. The van der Waals surface area contributed by atoms with Crippen molar-refractivity contribution in [3.05, 3.63) is 0 Å². The SMILES string of the molecule is CNC(=O)C(C)(C)N1CCC[C@H]1C(=O)NCCN(C)C.Cl. The number of likely N-dealkylation sites (N-methyl/N-ethyl adjacent to an activating group) is 2. The van der Waals surface area contributed by atoms with Gasteiger partial charge in [-0.2, -0.15) is 0 Å². The van der Waals surface area contributed by atoms with Crippen LogP contribution in [0.15, 0.2) is 0 Å². The van der Waals surface area contributed by atoms with Crippen LogP contribution in [0.1, 0.15) is 26.7 Å². The summed E-state index contributed by atoms with van der Waals surface area (Å²) in [6.45, 7) is 5.98. The maximum Gasteiger partial charge on any atom is 0.239 e. The first-order valence-corrected chi connectivity index (χ1v) is 7.22. The van der Waals surface area contributed by atoms with Gasteiger partial charge in [-0.1, -0.05) is 0 Å². The van der Waals surface area contributed by atoms with Crippen LogP contribution >= 0.6 is 12.4 Å². The number of hydrogen-bond acceptors (Lipinski definition) is 4. The molecule has 124 valence electrons. The Hall–Kier alpha value is -0.850. The van der Waals surface area contributed by atoms with Crippen molar-refractivity contribution in [2.45, 2.75) is 38.3 Å². The van der Waals surface area contributed by atoms with E-state index in [1.165, 1.54) is 0 Å². The summed E-state index contributed by atoms with van der Waals surface area (Å²) in [7, 11) is 5.58. The van der Waals surface area contributed by atoms with Crippen molar-refractivity contribution < 1.29 is 9.59 Å². The normalized spacial score (nSPS) is 19.2. The van der Waals surface area contributed by atoms with Gasteiger partial charge in [0, 0.05) is 26.7 Å². The monoisotopic (exact) mass is 320 g/mol. The van der Waals surface area contributed by atoms with Gasteiger partial charge in [-0.3, -0.25) is 14.5 Å². The second-order valence-corrected chi connectivity index (χ2v) is 6.08. The van der Waals surface area contributed by atoms with Crippen molar-refractivity contribution in [1.82, 2.24) is 20.4 Å². The van der Waals surface area contributed by atoms with Crippen molar-refractivity contribution >= 4 is 24.2 Å². The van der Waals surface area contributed by atoms with Crippen LogP contribution in [0.25, 0.3) is 0 Å². The summed E-state index contributed by atoms with van der Waals surface area (Å²) in [6.07, 6.45) is 1.76. The second-order valence-electron chi connectivity index (χ2n) is 6.08. The van der Waals surface area contributed by atoms with E-state index in [0.717, 1.165) is 25.9 Å². The van der Waals surface area contributed by atoms with E-state index in [1.54, 1.807) is 7.05 Å². The molecule has 0 spiro atoms. The van der Waals surface area contributed by atoms with Gasteiger partial charge in [-0.05, 0) is 40.8 Å². The van der Waals surface area contributed by atoms with Crippen LogP contribution < -0.4 is 10.6 Å². The molecule has 0 aliphatic carbocycles. The summed E-state index contributed by atoms with van der Waals surface area (Å²) in [4.78, 5) is 28.3. The molecule has 1 rings (SSSR count). The number of nitrogens with zero attached hydrogens (tertiary/aromatic N) is 2. The smallest absolute Gasteiger partial charge is 0.239 e. The fraction of sp³-hybridized carbons (Fsp3) is 0.857. The molecule has 0 unspecified atom stereocenters. The van der Waals surface area contributed by atoms with Gasteiger partial charge in [0.25, 0.3) is 0 Å². The number of rotatable bonds is 6. The van der Waals surface area contributed by atoms with Gasteiger partial charge < -0.3 is 15.5 Å². The first-order valence-electron chi connectivity index (χ1n) is 7.22. The van der Waals surface area contributed by atoms with Crippen molar-refractivity contribution in [3.8, 4) is 0 Å². The zero-order valence-electron chi connectivity index (χ0n) is 13.7. The highest BCUT2D eigenvalue weighted by Gasteiger charge is 2.43. The number of hydrogen-bond donors (Lipinski definition) is 2.